The Hall–Kier alpha value is -2.83. The fourth-order valence-corrected chi connectivity index (χ4v) is 3.42. The van der Waals surface area contributed by atoms with Crippen molar-refractivity contribution in [1.29, 1.82) is 0 Å². The third-order valence-electron chi connectivity index (χ3n) is 4.59. The van der Waals surface area contributed by atoms with E-state index >= 15 is 0 Å². The summed E-state index contributed by atoms with van der Waals surface area (Å²) in [5.41, 5.74) is 0.895. The first-order valence-electron chi connectivity index (χ1n) is 8.76. The van der Waals surface area contributed by atoms with Crippen LogP contribution >= 0.6 is 11.6 Å². The van der Waals surface area contributed by atoms with Gasteiger partial charge < -0.3 is 19.8 Å². The van der Waals surface area contributed by atoms with Gasteiger partial charge in [-0.3, -0.25) is 9.59 Å². The molecule has 0 spiro atoms. The van der Waals surface area contributed by atoms with E-state index in [0.717, 1.165) is 0 Å². The SMILES string of the molecule is COCCCN1C(=O)C(=O)C(=C(O)c2ccc(Cl)cc2)C1c1cccc(O)c1. The van der Waals surface area contributed by atoms with Crippen LogP contribution in [0.25, 0.3) is 5.76 Å². The predicted octanol–water partition coefficient (Wildman–Crippen LogP) is 3.50. The Kier molecular flexibility index (Phi) is 6.02. The van der Waals surface area contributed by atoms with Crippen LogP contribution < -0.4 is 0 Å². The van der Waals surface area contributed by atoms with Crippen LogP contribution in [0.2, 0.25) is 5.02 Å². The second kappa shape index (κ2) is 8.46. The Morgan fingerprint density at radius 1 is 1.18 bits per heavy atom. The van der Waals surface area contributed by atoms with Crippen molar-refractivity contribution in [2.45, 2.75) is 12.5 Å². The first kappa shape index (κ1) is 19.9. The minimum absolute atomic E-state index is 0.00599. The summed E-state index contributed by atoms with van der Waals surface area (Å²) in [4.78, 5) is 26.8. The van der Waals surface area contributed by atoms with E-state index in [2.05, 4.69) is 0 Å². The number of amides is 1. The van der Waals surface area contributed by atoms with Gasteiger partial charge in [-0.25, -0.2) is 0 Å². The number of likely N-dealkylation sites (tertiary alicyclic amines) is 1. The van der Waals surface area contributed by atoms with E-state index in [4.69, 9.17) is 16.3 Å². The number of rotatable bonds is 6. The highest BCUT2D eigenvalue weighted by Crippen LogP contribution is 2.40. The highest BCUT2D eigenvalue weighted by Gasteiger charge is 2.45. The molecule has 146 valence electrons. The molecule has 0 saturated carbocycles. The molecule has 2 aromatic rings. The molecule has 1 heterocycles. The monoisotopic (exact) mass is 401 g/mol. The van der Waals surface area contributed by atoms with Gasteiger partial charge >= 0.3 is 0 Å². The second-order valence-corrected chi connectivity index (χ2v) is 6.88. The Labute approximate surface area is 167 Å². The number of aliphatic hydroxyl groups is 1. The summed E-state index contributed by atoms with van der Waals surface area (Å²) in [7, 11) is 1.56. The number of halogens is 1. The number of phenols is 1. The molecule has 0 aromatic heterocycles. The zero-order chi connectivity index (χ0) is 20.3. The number of carbonyl (C=O) groups is 2. The molecule has 1 aliphatic heterocycles. The topological polar surface area (TPSA) is 87.1 Å². The van der Waals surface area contributed by atoms with Crippen LogP contribution in [0.4, 0.5) is 0 Å². The van der Waals surface area contributed by atoms with Crippen LogP contribution in [-0.4, -0.2) is 47.1 Å². The highest BCUT2D eigenvalue weighted by atomic mass is 35.5. The largest absolute Gasteiger partial charge is 0.508 e. The van der Waals surface area contributed by atoms with E-state index in [9.17, 15) is 19.8 Å². The predicted molar refractivity (Wildman–Crippen MR) is 105 cm³/mol. The summed E-state index contributed by atoms with van der Waals surface area (Å²) >= 11 is 5.90. The summed E-state index contributed by atoms with van der Waals surface area (Å²) in [6, 6.07) is 11.8. The number of ether oxygens (including phenoxy) is 1. The van der Waals surface area contributed by atoms with Crippen LogP contribution in [0.15, 0.2) is 54.1 Å². The van der Waals surface area contributed by atoms with Crippen LogP contribution in [0.5, 0.6) is 5.75 Å². The smallest absolute Gasteiger partial charge is 0.295 e. The average Bonchev–Trinajstić information content (AvgIpc) is 2.93. The first-order valence-corrected chi connectivity index (χ1v) is 9.14. The van der Waals surface area contributed by atoms with Crippen molar-refractivity contribution < 1.29 is 24.5 Å². The van der Waals surface area contributed by atoms with Crippen LogP contribution in [0, 0.1) is 0 Å². The molecule has 2 aromatic carbocycles. The van der Waals surface area contributed by atoms with E-state index < -0.39 is 17.7 Å². The van der Waals surface area contributed by atoms with E-state index in [1.165, 1.54) is 17.0 Å². The van der Waals surface area contributed by atoms with Gasteiger partial charge in [0.05, 0.1) is 11.6 Å². The van der Waals surface area contributed by atoms with Gasteiger partial charge in [-0.1, -0.05) is 23.7 Å². The maximum atomic E-state index is 12.8. The quantitative estimate of drug-likeness (QED) is 0.335. The van der Waals surface area contributed by atoms with Gasteiger partial charge in [0.25, 0.3) is 11.7 Å². The molecular weight excluding hydrogens is 382 g/mol. The van der Waals surface area contributed by atoms with E-state index in [1.54, 1.807) is 43.5 Å². The molecule has 1 fully saturated rings. The molecule has 28 heavy (non-hydrogen) atoms. The number of hydrogen-bond donors (Lipinski definition) is 2. The van der Waals surface area contributed by atoms with E-state index in [-0.39, 0.29) is 23.6 Å². The molecule has 3 rings (SSSR count). The number of carbonyl (C=O) groups excluding carboxylic acids is 2. The number of nitrogens with zero attached hydrogens (tertiary/aromatic N) is 1. The van der Waals surface area contributed by atoms with Gasteiger partial charge in [-0.15, -0.1) is 0 Å². The molecular formula is C21H20ClNO5. The lowest BCUT2D eigenvalue weighted by molar-refractivity contribution is -0.140. The maximum Gasteiger partial charge on any atom is 0.295 e. The number of ketones is 1. The molecule has 1 amide bonds. The van der Waals surface area contributed by atoms with Gasteiger partial charge in [-0.2, -0.15) is 0 Å². The molecule has 1 unspecified atom stereocenters. The molecule has 1 atom stereocenters. The molecule has 6 nitrogen and oxygen atoms in total. The Bertz CT molecular complexity index is 923. The fraction of sp³-hybridized carbons (Fsp3) is 0.238. The van der Waals surface area contributed by atoms with Gasteiger partial charge in [0.15, 0.2) is 0 Å². The van der Waals surface area contributed by atoms with Crippen LogP contribution in [-0.2, 0) is 14.3 Å². The van der Waals surface area contributed by atoms with Crippen molar-refractivity contribution >= 4 is 29.1 Å². The summed E-state index contributed by atoms with van der Waals surface area (Å²) in [5.74, 6) is -1.73. The summed E-state index contributed by atoms with van der Waals surface area (Å²) < 4.78 is 5.04. The number of Topliss-reactive ketones (excluding diaryl/α,β-unsaturated/α-hetero) is 1. The lowest BCUT2D eigenvalue weighted by Gasteiger charge is -2.25. The number of hydrogen-bond acceptors (Lipinski definition) is 5. The first-order chi connectivity index (χ1) is 13.4. The van der Waals surface area contributed by atoms with Gasteiger partial charge in [0, 0.05) is 30.8 Å². The lowest BCUT2D eigenvalue weighted by Crippen LogP contribution is -2.31. The Morgan fingerprint density at radius 2 is 1.89 bits per heavy atom. The van der Waals surface area contributed by atoms with Gasteiger partial charge in [0.1, 0.15) is 11.5 Å². The zero-order valence-corrected chi connectivity index (χ0v) is 16.0. The molecule has 1 aliphatic rings. The van der Waals surface area contributed by atoms with Gasteiger partial charge in [-0.05, 0) is 48.4 Å². The number of methoxy groups -OCH3 is 1. The van der Waals surface area contributed by atoms with E-state index in [1.807, 2.05) is 0 Å². The minimum Gasteiger partial charge on any atom is -0.508 e. The number of benzene rings is 2. The Balaban J connectivity index is 2.12. The number of phenolic OH excluding ortho intramolecular Hbond substituents is 1. The van der Waals surface area contributed by atoms with Crippen molar-refractivity contribution in [3.8, 4) is 5.75 Å². The fourth-order valence-electron chi connectivity index (χ4n) is 3.29. The molecule has 0 radical (unpaired) electrons. The summed E-state index contributed by atoms with van der Waals surface area (Å²) in [6.45, 7) is 0.697. The van der Waals surface area contributed by atoms with Crippen molar-refractivity contribution in [2.75, 3.05) is 20.3 Å². The molecule has 0 aliphatic carbocycles. The van der Waals surface area contributed by atoms with Crippen molar-refractivity contribution in [2.24, 2.45) is 0 Å². The molecule has 0 bridgehead atoms. The minimum atomic E-state index is -0.806. The zero-order valence-electron chi connectivity index (χ0n) is 15.3. The Morgan fingerprint density at radius 3 is 2.54 bits per heavy atom. The van der Waals surface area contributed by atoms with Crippen LogP contribution in [0.3, 0.4) is 0 Å². The molecule has 2 N–H and O–H groups in total. The molecule has 7 heteroatoms. The third-order valence-corrected chi connectivity index (χ3v) is 4.84. The van der Waals surface area contributed by atoms with Crippen molar-refractivity contribution in [3.05, 3.63) is 70.3 Å². The summed E-state index contributed by atoms with van der Waals surface area (Å²) in [5, 5.41) is 21.2. The van der Waals surface area contributed by atoms with Gasteiger partial charge in [0.2, 0.25) is 0 Å². The standard InChI is InChI=1S/C21H20ClNO5/c1-28-11-3-10-23-18(14-4-2-5-16(24)12-14)17(20(26)21(23)27)19(25)13-6-8-15(22)9-7-13/h2,4-9,12,18,24-25H,3,10-11H2,1H3. The van der Waals surface area contributed by atoms with Crippen molar-refractivity contribution in [3.63, 3.8) is 0 Å². The molecule has 1 saturated heterocycles. The van der Waals surface area contributed by atoms with Crippen molar-refractivity contribution in [1.82, 2.24) is 4.90 Å². The van der Waals surface area contributed by atoms with E-state index in [0.29, 0.717) is 29.2 Å². The number of aromatic hydroxyl groups is 1. The van der Waals surface area contributed by atoms with Crippen LogP contribution in [0.1, 0.15) is 23.6 Å². The lowest BCUT2D eigenvalue weighted by atomic mass is 9.95. The summed E-state index contributed by atoms with van der Waals surface area (Å²) in [6.07, 6.45) is 0.528. The average molecular weight is 402 g/mol. The highest BCUT2D eigenvalue weighted by molar-refractivity contribution is 6.46. The third kappa shape index (κ3) is 3.88. The maximum absolute atomic E-state index is 12.8. The number of aliphatic hydroxyl groups excluding tert-OH is 1. The normalized spacial score (nSPS) is 18.6. The second-order valence-electron chi connectivity index (χ2n) is 6.44.